The summed E-state index contributed by atoms with van der Waals surface area (Å²) in [4.78, 5) is 22.5. The van der Waals surface area contributed by atoms with Gasteiger partial charge in [0.15, 0.2) is 11.4 Å². The summed E-state index contributed by atoms with van der Waals surface area (Å²) in [5.41, 5.74) is -2.51. The molecule has 0 bridgehead atoms. The fourth-order valence-electron chi connectivity index (χ4n) is 1.14. The molecule has 8 heteroatoms. The van der Waals surface area contributed by atoms with Crippen LogP contribution in [-0.2, 0) is 9.59 Å². The molecule has 0 radical (unpaired) electrons. The molecule has 5 atom stereocenters. The Kier molecular flexibility index (Phi) is 6.00. The third kappa shape index (κ3) is 3.55. The smallest absolute Gasteiger partial charge is 0.202 e. The Morgan fingerprint density at radius 3 is 1.89 bits per heavy atom. The van der Waals surface area contributed by atoms with E-state index in [9.17, 15) is 30.0 Å². The molecule has 0 aliphatic carbocycles. The Morgan fingerprint density at radius 2 is 1.56 bits per heavy atom. The van der Waals surface area contributed by atoms with Crippen molar-refractivity contribution < 1.29 is 40.2 Å². The molecule has 0 aromatic carbocycles. The molecule has 8 nitrogen and oxygen atoms in total. The molecular weight excluding hydrogens is 248 g/mol. The average Bonchev–Trinajstić information content (AvgIpc) is 2.33. The summed E-state index contributed by atoms with van der Waals surface area (Å²) in [5, 5.41) is 55.1. The van der Waals surface area contributed by atoms with E-state index < -0.39 is 48.2 Å². The SMILES string of the molecule is CC(=O)C(C)(O)C(=O)[C@H](O)[C@@H](O)[C@H](O)[C@H](O)CO. The van der Waals surface area contributed by atoms with Crippen LogP contribution < -0.4 is 0 Å². The fourth-order valence-corrected chi connectivity index (χ4v) is 1.14. The van der Waals surface area contributed by atoms with E-state index in [0.29, 0.717) is 0 Å². The standard InChI is InChI=1S/C10H18O8/c1-4(12)10(2,18)9(17)8(16)7(15)6(14)5(13)3-11/h5-8,11,13-16,18H,3H2,1-2H3/t5-,6-,7+,8-,10?/m1/s1. The highest BCUT2D eigenvalue weighted by Crippen LogP contribution is 2.14. The molecule has 0 aliphatic rings. The summed E-state index contributed by atoms with van der Waals surface area (Å²) in [6.45, 7) is 0.848. The van der Waals surface area contributed by atoms with Gasteiger partial charge in [-0.2, -0.15) is 0 Å². The van der Waals surface area contributed by atoms with Crippen LogP contribution in [0.5, 0.6) is 0 Å². The summed E-state index contributed by atoms with van der Waals surface area (Å²) in [6.07, 6.45) is -8.20. The lowest BCUT2D eigenvalue weighted by atomic mass is 9.88. The predicted octanol–water partition coefficient (Wildman–Crippen LogP) is -3.67. The van der Waals surface area contributed by atoms with Crippen molar-refractivity contribution in [2.75, 3.05) is 6.61 Å². The Balaban J connectivity index is 4.90. The van der Waals surface area contributed by atoms with Crippen LogP contribution in [0.4, 0.5) is 0 Å². The molecular formula is C10H18O8. The van der Waals surface area contributed by atoms with Gasteiger partial charge in [-0.1, -0.05) is 0 Å². The van der Waals surface area contributed by atoms with Crippen molar-refractivity contribution in [2.24, 2.45) is 0 Å². The third-order valence-electron chi connectivity index (χ3n) is 2.69. The van der Waals surface area contributed by atoms with Gasteiger partial charge < -0.3 is 30.6 Å². The van der Waals surface area contributed by atoms with Crippen LogP contribution in [0.3, 0.4) is 0 Å². The van der Waals surface area contributed by atoms with Gasteiger partial charge in [0, 0.05) is 0 Å². The molecule has 0 saturated carbocycles. The van der Waals surface area contributed by atoms with Crippen LogP contribution in [0.15, 0.2) is 0 Å². The van der Waals surface area contributed by atoms with Crippen molar-refractivity contribution in [1.82, 2.24) is 0 Å². The first kappa shape index (κ1) is 17.1. The first-order valence-electron chi connectivity index (χ1n) is 5.18. The second-order valence-electron chi connectivity index (χ2n) is 4.17. The summed E-state index contributed by atoms with van der Waals surface area (Å²) >= 11 is 0. The summed E-state index contributed by atoms with van der Waals surface area (Å²) in [7, 11) is 0. The number of aliphatic hydroxyl groups is 6. The molecule has 0 heterocycles. The highest BCUT2D eigenvalue weighted by Gasteiger charge is 2.44. The maximum atomic E-state index is 11.5. The largest absolute Gasteiger partial charge is 0.394 e. The zero-order valence-corrected chi connectivity index (χ0v) is 10.0. The topological polar surface area (TPSA) is 156 Å². The highest BCUT2D eigenvalue weighted by atomic mass is 16.4. The van der Waals surface area contributed by atoms with Gasteiger partial charge in [-0.25, -0.2) is 0 Å². The zero-order chi connectivity index (χ0) is 14.7. The van der Waals surface area contributed by atoms with Gasteiger partial charge in [-0.3, -0.25) is 9.59 Å². The van der Waals surface area contributed by atoms with Crippen LogP contribution in [0, 0.1) is 0 Å². The molecule has 0 aliphatic heterocycles. The van der Waals surface area contributed by atoms with Gasteiger partial charge >= 0.3 is 0 Å². The number of Topliss-reactive ketones (excluding diaryl/α,β-unsaturated/α-hetero) is 2. The maximum absolute atomic E-state index is 11.5. The average molecular weight is 266 g/mol. The molecule has 0 aromatic rings. The van der Waals surface area contributed by atoms with Gasteiger partial charge in [-0.05, 0) is 13.8 Å². The summed E-state index contributed by atoms with van der Waals surface area (Å²) < 4.78 is 0. The van der Waals surface area contributed by atoms with E-state index in [4.69, 9.17) is 10.2 Å². The molecule has 0 fully saturated rings. The third-order valence-corrected chi connectivity index (χ3v) is 2.69. The Morgan fingerprint density at radius 1 is 1.11 bits per heavy atom. The van der Waals surface area contributed by atoms with E-state index in [2.05, 4.69) is 0 Å². The van der Waals surface area contributed by atoms with Crippen LogP contribution in [-0.4, -0.2) is 78.8 Å². The van der Waals surface area contributed by atoms with Gasteiger partial charge in [-0.15, -0.1) is 0 Å². The molecule has 6 N–H and O–H groups in total. The Labute approximate surface area is 103 Å². The fraction of sp³-hybridized carbons (Fsp3) is 0.800. The molecule has 0 aromatic heterocycles. The van der Waals surface area contributed by atoms with Crippen molar-refractivity contribution in [3.05, 3.63) is 0 Å². The van der Waals surface area contributed by atoms with Gasteiger partial charge in [0.05, 0.1) is 6.61 Å². The number of aliphatic hydroxyl groups excluding tert-OH is 5. The first-order chi connectivity index (χ1) is 8.07. The predicted molar refractivity (Wildman–Crippen MR) is 57.4 cm³/mol. The number of carbonyl (C=O) groups is 2. The van der Waals surface area contributed by atoms with Crippen LogP contribution in [0.1, 0.15) is 13.8 Å². The van der Waals surface area contributed by atoms with Crippen LogP contribution in [0.25, 0.3) is 0 Å². The number of rotatable bonds is 7. The molecule has 106 valence electrons. The highest BCUT2D eigenvalue weighted by molar-refractivity contribution is 6.10. The quantitative estimate of drug-likeness (QED) is 0.257. The molecule has 0 saturated heterocycles. The Hall–Kier alpha value is -0.900. The lowest BCUT2D eigenvalue weighted by molar-refractivity contribution is -0.165. The Bertz CT molecular complexity index is 313. The van der Waals surface area contributed by atoms with E-state index in [0.717, 1.165) is 13.8 Å². The zero-order valence-electron chi connectivity index (χ0n) is 10.0. The minimum absolute atomic E-state index is 0.836. The van der Waals surface area contributed by atoms with E-state index in [1.54, 1.807) is 0 Å². The molecule has 1 unspecified atom stereocenters. The molecule has 0 amide bonds. The van der Waals surface area contributed by atoms with E-state index in [-0.39, 0.29) is 0 Å². The normalized spacial score (nSPS) is 21.6. The first-order valence-corrected chi connectivity index (χ1v) is 5.18. The number of carbonyl (C=O) groups excluding carboxylic acids is 2. The van der Waals surface area contributed by atoms with Gasteiger partial charge in [0.25, 0.3) is 0 Å². The van der Waals surface area contributed by atoms with Gasteiger partial charge in [0.2, 0.25) is 5.78 Å². The van der Waals surface area contributed by atoms with Crippen LogP contribution in [0.2, 0.25) is 0 Å². The molecule has 0 rings (SSSR count). The minimum Gasteiger partial charge on any atom is -0.394 e. The van der Waals surface area contributed by atoms with Crippen molar-refractivity contribution in [1.29, 1.82) is 0 Å². The number of hydrogen-bond donors (Lipinski definition) is 6. The van der Waals surface area contributed by atoms with Crippen molar-refractivity contribution in [3.8, 4) is 0 Å². The second kappa shape index (κ2) is 6.32. The summed E-state index contributed by atoms with van der Waals surface area (Å²) in [5.74, 6) is -2.36. The van der Waals surface area contributed by atoms with E-state index in [1.165, 1.54) is 0 Å². The van der Waals surface area contributed by atoms with Crippen LogP contribution >= 0.6 is 0 Å². The van der Waals surface area contributed by atoms with E-state index >= 15 is 0 Å². The maximum Gasteiger partial charge on any atom is 0.202 e. The summed E-state index contributed by atoms with van der Waals surface area (Å²) in [6, 6.07) is 0. The van der Waals surface area contributed by atoms with Crippen molar-refractivity contribution in [3.63, 3.8) is 0 Å². The van der Waals surface area contributed by atoms with Crippen molar-refractivity contribution in [2.45, 2.75) is 43.9 Å². The minimum atomic E-state index is -2.51. The number of hydrogen-bond acceptors (Lipinski definition) is 8. The van der Waals surface area contributed by atoms with E-state index in [1.807, 2.05) is 0 Å². The van der Waals surface area contributed by atoms with Gasteiger partial charge in [0.1, 0.15) is 24.4 Å². The van der Waals surface area contributed by atoms with Crippen molar-refractivity contribution >= 4 is 11.6 Å². The number of ketones is 2. The lowest BCUT2D eigenvalue weighted by Crippen LogP contribution is -2.56. The molecule has 18 heavy (non-hydrogen) atoms. The lowest BCUT2D eigenvalue weighted by Gasteiger charge is -2.28. The monoisotopic (exact) mass is 266 g/mol. The second-order valence-corrected chi connectivity index (χ2v) is 4.17. The molecule has 0 spiro atoms.